The van der Waals surface area contributed by atoms with E-state index in [2.05, 4.69) is 23.6 Å². The molecule has 1 aromatic rings. The van der Waals surface area contributed by atoms with Crippen LogP contribution in [0.2, 0.25) is 0 Å². The van der Waals surface area contributed by atoms with Crippen LogP contribution in [0.25, 0.3) is 0 Å². The van der Waals surface area contributed by atoms with Crippen molar-refractivity contribution in [2.24, 2.45) is 4.99 Å². The molecule has 2 aliphatic heterocycles. The molecule has 0 aliphatic carbocycles. The van der Waals surface area contributed by atoms with Crippen molar-refractivity contribution in [3.8, 4) is 0 Å². The Labute approximate surface area is 160 Å². The predicted molar refractivity (Wildman–Crippen MR) is 81.0 cm³/mol. The van der Waals surface area contributed by atoms with Crippen molar-refractivity contribution < 1.29 is 46.2 Å². The molecule has 0 spiro atoms. The number of hydrogen-bond acceptors (Lipinski definition) is 3. The monoisotopic (exact) mass is 391 g/mol. The Bertz CT molecular complexity index is 700. The molecule has 0 unspecified atom stereocenters. The fourth-order valence-corrected chi connectivity index (χ4v) is 2.82. The summed E-state index contributed by atoms with van der Waals surface area (Å²) in [5, 5.41) is 0. The van der Waals surface area contributed by atoms with Crippen molar-refractivity contribution in [2.75, 3.05) is 6.54 Å². The maximum absolute atomic E-state index is 12.6. The fourth-order valence-electron chi connectivity index (χ4n) is 2.82. The van der Waals surface area contributed by atoms with Crippen LogP contribution in [-0.4, -0.2) is 23.9 Å². The molecule has 1 aromatic carbocycles. The zero-order chi connectivity index (χ0) is 15.9. The quantitative estimate of drug-likeness (QED) is 0.735. The van der Waals surface area contributed by atoms with E-state index in [1.165, 1.54) is 0 Å². The summed E-state index contributed by atoms with van der Waals surface area (Å²) in [5.41, 5.74) is 1.73. The molecule has 2 heterocycles. The van der Waals surface area contributed by atoms with Gasteiger partial charge in [-0.25, -0.2) is 0 Å². The zero-order valence-corrected chi connectivity index (χ0v) is 15.6. The van der Waals surface area contributed by atoms with E-state index in [4.69, 9.17) is 0 Å². The second kappa shape index (κ2) is 6.74. The van der Waals surface area contributed by atoms with Crippen molar-refractivity contribution in [3.63, 3.8) is 0 Å². The van der Waals surface area contributed by atoms with E-state index in [1.807, 2.05) is 37.4 Å². The maximum Gasteiger partial charge on any atom is 0.387 e. The molecule has 3 nitrogen and oxygen atoms in total. The van der Waals surface area contributed by atoms with E-state index < -0.39 is 12.2 Å². The first kappa shape index (κ1) is 18.1. The molecule has 0 saturated carbocycles. The summed E-state index contributed by atoms with van der Waals surface area (Å²) in [6.07, 6.45) is 3.42. The summed E-state index contributed by atoms with van der Waals surface area (Å²) in [6.45, 7) is 7.59. The van der Waals surface area contributed by atoms with Gasteiger partial charge in [0, 0.05) is 45.5 Å². The largest absolute Gasteiger partial charge is 0.431 e. The van der Waals surface area contributed by atoms with Gasteiger partial charge in [-0.3, -0.25) is 4.99 Å². The van der Waals surface area contributed by atoms with E-state index in [1.54, 1.807) is 11.0 Å². The minimum absolute atomic E-state index is 0. The van der Waals surface area contributed by atoms with Crippen molar-refractivity contribution in [1.29, 1.82) is 0 Å². The van der Waals surface area contributed by atoms with Crippen molar-refractivity contribution in [2.45, 2.75) is 19.1 Å². The number of aliphatic imine (C=N–C) groups is 1. The molecular weight excluding hydrogens is 375 g/mol. The van der Waals surface area contributed by atoms with Crippen LogP contribution in [0.5, 0.6) is 0 Å². The van der Waals surface area contributed by atoms with Gasteiger partial charge in [0.15, 0.2) is 11.6 Å². The van der Waals surface area contributed by atoms with Crippen molar-refractivity contribution in [3.05, 3.63) is 72.8 Å². The van der Waals surface area contributed by atoms with Gasteiger partial charge in [0.25, 0.3) is 0 Å². The molecule has 3 rings (SSSR count). The molecule has 2 aliphatic rings. The average molecular weight is 391 g/mol. The number of fused-ring (bicyclic) bond motifs is 1. The van der Waals surface area contributed by atoms with Crippen LogP contribution in [-0.2, 0) is 43.0 Å². The SMILES string of the molecule is [CH2-]c1ccccc1[C@@]1([CH2-])CN2C=C(C)C=C(OC(F)F)C2=N1.[Y]. The first-order valence-corrected chi connectivity index (χ1v) is 6.88. The Hall–Kier alpha value is -1.20. The number of amidine groups is 1. The topological polar surface area (TPSA) is 24.8 Å². The number of ether oxygens (including phenoxy) is 1. The van der Waals surface area contributed by atoms with Gasteiger partial charge in [0.05, 0.1) is 0 Å². The Morgan fingerprint density at radius 1 is 1.35 bits per heavy atom. The number of alkyl halides is 2. The van der Waals surface area contributed by atoms with E-state index in [9.17, 15) is 8.78 Å². The van der Waals surface area contributed by atoms with Gasteiger partial charge in [-0.15, -0.1) is 12.1 Å². The van der Waals surface area contributed by atoms with Gasteiger partial charge in [-0.05, 0) is 18.6 Å². The van der Waals surface area contributed by atoms with Crippen LogP contribution in [0.15, 0.2) is 52.9 Å². The molecule has 0 aromatic heterocycles. The van der Waals surface area contributed by atoms with Gasteiger partial charge in [0.1, 0.15) is 0 Å². The summed E-state index contributed by atoms with van der Waals surface area (Å²) >= 11 is 0. The first-order valence-electron chi connectivity index (χ1n) is 6.88. The summed E-state index contributed by atoms with van der Waals surface area (Å²) in [7, 11) is 0. The van der Waals surface area contributed by atoms with Gasteiger partial charge in [-0.2, -0.15) is 32.9 Å². The van der Waals surface area contributed by atoms with E-state index >= 15 is 0 Å². The summed E-state index contributed by atoms with van der Waals surface area (Å²) in [4.78, 5) is 6.36. The fraction of sp³-hybridized carbons (Fsp3) is 0.235. The number of nitrogens with zero attached hydrogens (tertiary/aromatic N) is 2. The Balaban J connectivity index is 0.00000192. The van der Waals surface area contributed by atoms with E-state index in [0.717, 1.165) is 16.7 Å². The van der Waals surface area contributed by atoms with Crippen LogP contribution in [0, 0.1) is 13.8 Å². The van der Waals surface area contributed by atoms with Gasteiger partial charge in [0.2, 0.25) is 0 Å². The first-order chi connectivity index (χ1) is 10.4. The molecule has 119 valence electrons. The second-order valence-corrected chi connectivity index (χ2v) is 5.51. The molecule has 0 N–H and O–H groups in total. The van der Waals surface area contributed by atoms with Crippen molar-refractivity contribution in [1.82, 2.24) is 4.90 Å². The molecule has 0 bridgehead atoms. The molecule has 1 atom stereocenters. The Morgan fingerprint density at radius 2 is 2.04 bits per heavy atom. The minimum Gasteiger partial charge on any atom is -0.431 e. The van der Waals surface area contributed by atoms with Crippen LogP contribution >= 0.6 is 0 Å². The van der Waals surface area contributed by atoms with E-state index in [-0.39, 0.29) is 38.5 Å². The average Bonchev–Trinajstić information content (AvgIpc) is 2.76. The molecule has 6 heteroatoms. The number of halogens is 2. The number of rotatable bonds is 3. The molecular formula is C17H16F2N2OY-2. The minimum atomic E-state index is -2.89. The number of allylic oxidation sites excluding steroid dienone is 2. The third-order valence-corrected chi connectivity index (χ3v) is 3.70. The van der Waals surface area contributed by atoms with E-state index in [0.29, 0.717) is 12.4 Å². The zero-order valence-electron chi connectivity index (χ0n) is 12.8. The number of hydrogen-bond donors (Lipinski definition) is 0. The third kappa shape index (κ3) is 3.51. The standard InChI is InChI=1S/C17H16F2N2O.Y/c1-11-8-14(22-16(18)19)15-20-17(3,10-21(15)9-11)13-7-5-4-6-12(13)2;/h4-9,16H,2-3,10H2,1H3;/q-2;/t17-;/m1./s1. The molecule has 0 fully saturated rings. The summed E-state index contributed by atoms with van der Waals surface area (Å²) in [6, 6.07) is 7.57. The van der Waals surface area contributed by atoms with Crippen LogP contribution < -0.4 is 0 Å². The molecule has 23 heavy (non-hydrogen) atoms. The Kier molecular flexibility index (Phi) is 5.31. The summed E-state index contributed by atoms with van der Waals surface area (Å²) < 4.78 is 29.8. The molecule has 0 saturated heterocycles. The third-order valence-electron chi connectivity index (χ3n) is 3.70. The second-order valence-electron chi connectivity index (χ2n) is 5.51. The smallest absolute Gasteiger partial charge is 0.387 e. The Morgan fingerprint density at radius 3 is 2.70 bits per heavy atom. The van der Waals surface area contributed by atoms with Gasteiger partial charge >= 0.3 is 6.61 Å². The predicted octanol–water partition coefficient (Wildman–Crippen LogP) is 3.65. The van der Waals surface area contributed by atoms with Gasteiger partial charge < -0.3 is 16.6 Å². The van der Waals surface area contributed by atoms with Crippen LogP contribution in [0.4, 0.5) is 8.78 Å². The van der Waals surface area contributed by atoms with Crippen LogP contribution in [0.3, 0.4) is 0 Å². The normalized spacial score (nSPS) is 22.8. The van der Waals surface area contributed by atoms with Gasteiger partial charge in [-0.1, -0.05) is 11.6 Å². The maximum atomic E-state index is 12.6. The van der Waals surface area contributed by atoms with Crippen molar-refractivity contribution >= 4 is 5.84 Å². The molecule has 1 radical (unpaired) electrons. The van der Waals surface area contributed by atoms with Crippen LogP contribution in [0.1, 0.15) is 18.1 Å². The molecule has 0 amide bonds. The summed E-state index contributed by atoms with van der Waals surface area (Å²) in [5.74, 6) is 0.450. The number of benzene rings is 1.